The highest BCUT2D eigenvalue weighted by molar-refractivity contribution is 8.00. The van der Waals surface area contributed by atoms with Gasteiger partial charge in [0.2, 0.25) is 0 Å². The van der Waals surface area contributed by atoms with E-state index >= 15 is 0 Å². The molecule has 0 aliphatic carbocycles. The largest absolute Gasteiger partial charge is 0.543 e. The monoisotopic (exact) mass is 683 g/mol. The number of nitrogens with one attached hydrogen (secondary N) is 1. The maximum absolute atomic E-state index is 13.2. The zero-order valence-electron chi connectivity index (χ0n) is 24.0. The second kappa shape index (κ2) is 12.7. The van der Waals surface area contributed by atoms with Crippen LogP contribution in [0.3, 0.4) is 0 Å². The molecule has 13 nitrogen and oxygen atoms in total. The lowest BCUT2D eigenvalue weighted by Crippen LogP contribution is -2.71. The van der Waals surface area contributed by atoms with Crippen LogP contribution in [0.15, 0.2) is 63.4 Å². The number of fused-ring (bicyclic) bond motifs is 2. The highest BCUT2D eigenvalue weighted by Gasteiger charge is 2.53. The van der Waals surface area contributed by atoms with E-state index in [2.05, 4.69) is 15.5 Å². The van der Waals surface area contributed by atoms with E-state index in [-0.39, 0.29) is 28.8 Å². The van der Waals surface area contributed by atoms with Gasteiger partial charge in [0.05, 0.1) is 29.0 Å². The number of ether oxygens (including phenoxy) is 1. The van der Waals surface area contributed by atoms with E-state index in [1.54, 1.807) is 24.3 Å². The van der Waals surface area contributed by atoms with Gasteiger partial charge in [-0.1, -0.05) is 5.16 Å². The average molecular weight is 684 g/mol. The number of pyridine rings is 1. The third kappa shape index (κ3) is 5.83. The van der Waals surface area contributed by atoms with Crippen molar-refractivity contribution >= 4 is 85.0 Å². The van der Waals surface area contributed by atoms with Gasteiger partial charge in [0.25, 0.3) is 11.8 Å². The minimum Gasteiger partial charge on any atom is -0.543 e. The SMILES string of the molecule is CON=C(C(=O)NC1C(=O)N2C(C(=O)[O-])=C(C[n+]3ccc4sc(-c5ccc(SC)cc5OC)nc4c3)CS[C@@H]12)c1csc(N)n1. The Morgan fingerprint density at radius 1 is 1.29 bits per heavy atom. The number of β-lactam (4-membered cyclic amide) rings is 1. The van der Waals surface area contributed by atoms with Gasteiger partial charge in [-0.15, -0.1) is 46.2 Å². The van der Waals surface area contributed by atoms with Gasteiger partial charge in [-0.3, -0.25) is 14.5 Å². The Balaban J connectivity index is 1.22. The van der Waals surface area contributed by atoms with Crippen LogP contribution in [0.5, 0.6) is 5.75 Å². The predicted molar refractivity (Wildman–Crippen MR) is 171 cm³/mol. The summed E-state index contributed by atoms with van der Waals surface area (Å²) in [6, 6.07) is 6.93. The van der Waals surface area contributed by atoms with Crippen LogP contribution >= 0.6 is 46.2 Å². The molecule has 17 heteroatoms. The number of nitrogens with two attached hydrogens (primary N) is 1. The Morgan fingerprint density at radius 2 is 2.11 bits per heavy atom. The molecular formula is C28H25N7O6S4. The number of nitrogen functional groups attached to an aromatic ring is 1. The molecule has 3 N–H and O–H groups in total. The lowest BCUT2D eigenvalue weighted by molar-refractivity contribution is -0.687. The number of rotatable bonds is 10. The molecule has 4 aromatic rings. The van der Waals surface area contributed by atoms with Gasteiger partial charge in [-0.2, -0.15) is 4.57 Å². The van der Waals surface area contributed by atoms with Crippen molar-refractivity contribution in [1.82, 2.24) is 20.2 Å². The summed E-state index contributed by atoms with van der Waals surface area (Å²) in [5.74, 6) is -1.70. The Labute approximate surface area is 273 Å². The van der Waals surface area contributed by atoms with Crippen LogP contribution in [0, 0.1) is 0 Å². The maximum Gasteiger partial charge on any atom is 0.276 e. The number of amides is 2. The van der Waals surface area contributed by atoms with Crippen LogP contribution in [0.25, 0.3) is 20.8 Å². The number of thioether (sulfide) groups is 2. The smallest absolute Gasteiger partial charge is 0.276 e. The van der Waals surface area contributed by atoms with E-state index in [0.717, 1.165) is 42.8 Å². The number of carboxylic acids is 1. The number of nitrogens with zero attached hydrogens (tertiary/aromatic N) is 5. The zero-order chi connectivity index (χ0) is 31.8. The molecule has 2 aliphatic heterocycles. The molecule has 232 valence electrons. The number of carboxylic acid groups (broad SMARTS) is 1. The number of hydrogen-bond donors (Lipinski definition) is 2. The highest BCUT2D eigenvalue weighted by Crippen LogP contribution is 2.41. The molecular weight excluding hydrogens is 659 g/mol. The summed E-state index contributed by atoms with van der Waals surface area (Å²) in [6.07, 6.45) is 5.69. The second-order valence-electron chi connectivity index (χ2n) is 9.75. The van der Waals surface area contributed by atoms with E-state index in [0.29, 0.717) is 11.3 Å². The van der Waals surface area contributed by atoms with Crippen molar-refractivity contribution in [2.75, 3.05) is 32.0 Å². The molecule has 0 radical (unpaired) electrons. The minimum atomic E-state index is -1.47. The fourth-order valence-electron chi connectivity index (χ4n) is 5.02. The first-order valence-corrected chi connectivity index (χ1v) is 17.2. The normalized spacial score (nSPS) is 18.1. The van der Waals surface area contributed by atoms with Crippen LogP contribution < -0.4 is 25.5 Å². The third-order valence-electron chi connectivity index (χ3n) is 7.09. The molecule has 2 amide bonds. The molecule has 6 rings (SSSR count). The molecule has 1 fully saturated rings. The molecule has 3 aromatic heterocycles. The van der Waals surface area contributed by atoms with Crippen molar-refractivity contribution in [1.29, 1.82) is 0 Å². The summed E-state index contributed by atoms with van der Waals surface area (Å²) in [4.78, 5) is 54.5. The Bertz CT molecular complexity index is 1900. The van der Waals surface area contributed by atoms with Crippen LogP contribution in [0.2, 0.25) is 0 Å². The number of carbonyl (C=O) groups is 3. The van der Waals surface area contributed by atoms with Gasteiger partial charge in [0, 0.05) is 27.7 Å². The summed E-state index contributed by atoms with van der Waals surface area (Å²) >= 11 is 5.62. The molecule has 0 bridgehead atoms. The molecule has 45 heavy (non-hydrogen) atoms. The summed E-state index contributed by atoms with van der Waals surface area (Å²) in [7, 11) is 2.91. The topological polar surface area (TPSA) is 176 Å². The Hall–Kier alpha value is -4.19. The summed E-state index contributed by atoms with van der Waals surface area (Å²) in [5.41, 5.74) is 7.66. The van der Waals surface area contributed by atoms with Crippen molar-refractivity contribution in [3.8, 4) is 16.3 Å². The number of methoxy groups -OCH3 is 1. The van der Waals surface area contributed by atoms with Crippen LogP contribution in [0.1, 0.15) is 5.69 Å². The second-order valence-corrected chi connectivity index (χ2v) is 13.7. The van der Waals surface area contributed by atoms with Crippen LogP contribution in [-0.4, -0.2) is 76.0 Å². The standard InChI is InChI=1S/C28H25N7O6S4/c1-40-18-8-14(42-3)4-5-15(18)24-30-16-10-34(7-6-19(16)45-24)9-13-11-43-26-21(25(37)35(26)22(13)27(38)39)32-23(36)20(33-41-2)17-12-44-28(29)31-17/h4-8,10,12,21,26H,9,11H2,1-3H3,(H3-,29,31,32,36,38,39)/t21?,26-/m0/s1. The van der Waals surface area contributed by atoms with E-state index in [1.165, 1.54) is 35.1 Å². The van der Waals surface area contributed by atoms with E-state index in [1.807, 2.05) is 47.5 Å². The van der Waals surface area contributed by atoms with Gasteiger partial charge in [-0.25, -0.2) is 9.97 Å². The lowest BCUT2D eigenvalue weighted by Gasteiger charge is -2.50. The quantitative estimate of drug-likeness (QED) is 0.0814. The van der Waals surface area contributed by atoms with Gasteiger partial charge in [0.15, 0.2) is 29.8 Å². The van der Waals surface area contributed by atoms with Gasteiger partial charge in [0.1, 0.15) is 40.5 Å². The minimum absolute atomic E-state index is 0.152. The van der Waals surface area contributed by atoms with Gasteiger partial charge < -0.3 is 30.5 Å². The number of oxime groups is 1. The molecule has 5 heterocycles. The number of aliphatic carboxylic acids is 1. The van der Waals surface area contributed by atoms with Gasteiger partial charge >= 0.3 is 0 Å². The molecule has 1 unspecified atom stereocenters. The summed E-state index contributed by atoms with van der Waals surface area (Å²) < 4.78 is 8.39. The highest BCUT2D eigenvalue weighted by atomic mass is 32.2. The van der Waals surface area contributed by atoms with Gasteiger partial charge in [-0.05, 0) is 24.5 Å². The first-order valence-electron chi connectivity index (χ1n) is 13.3. The number of aromatic nitrogens is 3. The molecule has 2 atom stereocenters. The summed E-state index contributed by atoms with van der Waals surface area (Å²) in [5, 5.41) is 20.7. The fourth-order valence-corrected chi connectivity index (χ4v) is 8.30. The molecule has 1 saturated heterocycles. The van der Waals surface area contributed by atoms with E-state index in [4.69, 9.17) is 20.3 Å². The number of anilines is 1. The first-order chi connectivity index (χ1) is 21.7. The van der Waals surface area contributed by atoms with Crippen molar-refractivity contribution in [3.05, 3.63) is 59.0 Å². The molecule has 0 spiro atoms. The van der Waals surface area contributed by atoms with E-state index in [9.17, 15) is 19.5 Å². The number of carbonyl (C=O) groups excluding carboxylic acids is 3. The number of hydrogen-bond acceptors (Lipinski definition) is 14. The van der Waals surface area contributed by atoms with E-state index < -0.39 is 29.2 Å². The van der Waals surface area contributed by atoms with Crippen molar-refractivity contribution in [3.63, 3.8) is 0 Å². The number of thiazole rings is 2. The number of benzene rings is 1. The first kappa shape index (κ1) is 30.8. The van der Waals surface area contributed by atoms with Crippen molar-refractivity contribution in [2.45, 2.75) is 22.9 Å². The fraction of sp³-hybridized carbons (Fsp3) is 0.250. The van der Waals surface area contributed by atoms with Crippen molar-refractivity contribution < 1.29 is 33.6 Å². The third-order valence-corrected chi connectivity index (χ3v) is 10.9. The molecule has 1 aromatic carbocycles. The van der Waals surface area contributed by atoms with Crippen LogP contribution in [0.4, 0.5) is 5.13 Å². The maximum atomic E-state index is 13.2. The summed E-state index contributed by atoms with van der Waals surface area (Å²) in [6.45, 7) is 0.203. The average Bonchev–Trinajstić information content (AvgIpc) is 3.67. The van der Waals surface area contributed by atoms with Crippen LogP contribution in [-0.2, 0) is 25.8 Å². The predicted octanol–water partition coefficient (Wildman–Crippen LogP) is 1.47. The zero-order valence-corrected chi connectivity index (χ0v) is 27.3. The Kier molecular flexibility index (Phi) is 8.67. The lowest BCUT2D eigenvalue weighted by atomic mass is 10.0. The van der Waals surface area contributed by atoms with Crippen molar-refractivity contribution in [2.24, 2.45) is 5.16 Å². The molecule has 2 aliphatic rings. The Morgan fingerprint density at radius 3 is 2.80 bits per heavy atom. The molecule has 0 saturated carbocycles.